The zero-order chi connectivity index (χ0) is 43.5. The van der Waals surface area contributed by atoms with Gasteiger partial charge < -0.3 is 0 Å². The van der Waals surface area contributed by atoms with Crippen LogP contribution in [0.1, 0.15) is 25.0 Å². The lowest BCUT2D eigenvalue weighted by atomic mass is 9.81. The number of hydrogen-bond donors (Lipinski definition) is 0. The molecule has 0 saturated heterocycles. The highest BCUT2D eigenvalue weighted by Crippen LogP contribution is 2.51. The molecule has 0 fully saturated rings. The Morgan fingerprint density at radius 3 is 1.26 bits per heavy atom. The molecular weight excluding hydrogens is 791 g/mol. The van der Waals surface area contributed by atoms with E-state index in [1.165, 1.54) is 43.8 Å². The number of benzene rings is 9. The van der Waals surface area contributed by atoms with Crippen LogP contribution < -0.4 is 0 Å². The summed E-state index contributed by atoms with van der Waals surface area (Å²) in [6.07, 6.45) is 0. The molecule has 9 aromatic carbocycles. The van der Waals surface area contributed by atoms with Gasteiger partial charge in [-0.05, 0) is 103 Å². The van der Waals surface area contributed by atoms with E-state index < -0.39 is 0 Å². The van der Waals surface area contributed by atoms with Crippen LogP contribution in [-0.4, -0.2) is 24.9 Å². The van der Waals surface area contributed by atoms with Crippen molar-refractivity contribution in [2.45, 2.75) is 19.3 Å². The number of hydrogen-bond acceptors (Lipinski definition) is 5. The van der Waals surface area contributed by atoms with Crippen molar-refractivity contribution in [2.24, 2.45) is 0 Å². The zero-order valence-electron chi connectivity index (χ0n) is 35.9. The van der Waals surface area contributed by atoms with Gasteiger partial charge in [0.05, 0.1) is 11.4 Å². The van der Waals surface area contributed by atoms with Crippen LogP contribution in [0.4, 0.5) is 0 Å². The van der Waals surface area contributed by atoms with E-state index in [2.05, 4.69) is 159 Å². The Bertz CT molecular complexity index is 3560. The highest BCUT2D eigenvalue weighted by Gasteiger charge is 2.36. The van der Waals surface area contributed by atoms with Crippen LogP contribution in [0, 0.1) is 0 Å². The SMILES string of the molecule is CC1(C)c2cc3ccccc3cc2-c2cc3ccc(-c4nc(-c5ccccc5)cc(-c5cccc(-c6cccc(-c7nc(-c8ccccc8)nc(-c8ccccc8)n7)c6)c5)n4)cc3cc21. The second-order valence-corrected chi connectivity index (χ2v) is 17.4. The van der Waals surface area contributed by atoms with Crippen LogP contribution >= 0.6 is 0 Å². The number of aromatic nitrogens is 5. The maximum absolute atomic E-state index is 5.31. The van der Waals surface area contributed by atoms with Crippen LogP contribution in [0.3, 0.4) is 0 Å². The van der Waals surface area contributed by atoms with Crippen molar-refractivity contribution in [3.05, 3.63) is 223 Å². The molecule has 0 aliphatic heterocycles. The lowest BCUT2D eigenvalue weighted by Crippen LogP contribution is -2.14. The van der Waals surface area contributed by atoms with Gasteiger partial charge in [-0.25, -0.2) is 24.9 Å². The molecule has 12 rings (SSSR count). The second kappa shape index (κ2) is 15.4. The van der Waals surface area contributed by atoms with Crippen molar-refractivity contribution in [3.63, 3.8) is 0 Å². The molecule has 5 nitrogen and oxygen atoms in total. The predicted molar refractivity (Wildman–Crippen MR) is 266 cm³/mol. The Morgan fingerprint density at radius 1 is 0.262 bits per heavy atom. The summed E-state index contributed by atoms with van der Waals surface area (Å²) in [6, 6.07) is 74.5. The van der Waals surface area contributed by atoms with Crippen LogP contribution in [0.5, 0.6) is 0 Å². The predicted octanol–water partition coefficient (Wildman–Crippen LogP) is 14.9. The molecule has 1 aliphatic carbocycles. The average Bonchev–Trinajstić information content (AvgIpc) is 3.58. The molecule has 1 aliphatic rings. The monoisotopic (exact) mass is 831 g/mol. The van der Waals surface area contributed by atoms with E-state index >= 15 is 0 Å². The Kier molecular flexibility index (Phi) is 9.09. The fourth-order valence-electron chi connectivity index (χ4n) is 9.42. The maximum Gasteiger partial charge on any atom is 0.164 e. The summed E-state index contributed by atoms with van der Waals surface area (Å²) in [5.74, 6) is 2.57. The molecular formula is C60H41N5. The van der Waals surface area contributed by atoms with Gasteiger partial charge in [0.25, 0.3) is 0 Å². The third-order valence-electron chi connectivity index (χ3n) is 12.9. The van der Waals surface area contributed by atoms with Crippen molar-refractivity contribution < 1.29 is 0 Å². The first-order chi connectivity index (χ1) is 31.9. The smallest absolute Gasteiger partial charge is 0.164 e. The van der Waals surface area contributed by atoms with Crippen molar-refractivity contribution in [2.75, 3.05) is 0 Å². The minimum absolute atomic E-state index is 0.137. The topological polar surface area (TPSA) is 64.5 Å². The summed E-state index contributed by atoms with van der Waals surface area (Å²) in [7, 11) is 0. The first kappa shape index (κ1) is 38.3. The van der Waals surface area contributed by atoms with Gasteiger partial charge in [0, 0.05) is 38.8 Å². The molecule has 0 atom stereocenters. The molecule has 0 bridgehead atoms. The van der Waals surface area contributed by atoms with Crippen LogP contribution in [0.25, 0.3) is 112 Å². The van der Waals surface area contributed by atoms with Crippen LogP contribution in [0.2, 0.25) is 0 Å². The Balaban J connectivity index is 0.935. The average molecular weight is 832 g/mol. The van der Waals surface area contributed by atoms with Crippen molar-refractivity contribution in [3.8, 4) is 90.3 Å². The molecule has 0 spiro atoms. The summed E-state index contributed by atoms with van der Waals surface area (Å²) in [5.41, 5.74) is 14.8. The molecule has 2 aromatic heterocycles. The molecule has 306 valence electrons. The van der Waals surface area contributed by atoms with Crippen molar-refractivity contribution in [1.82, 2.24) is 24.9 Å². The van der Waals surface area contributed by atoms with E-state index in [0.29, 0.717) is 23.3 Å². The summed E-state index contributed by atoms with van der Waals surface area (Å²) in [4.78, 5) is 25.4. The third-order valence-corrected chi connectivity index (χ3v) is 12.9. The Hall–Kier alpha value is -8.41. The van der Waals surface area contributed by atoms with Gasteiger partial charge in [0.15, 0.2) is 23.3 Å². The molecule has 11 aromatic rings. The number of rotatable bonds is 7. The van der Waals surface area contributed by atoms with E-state index in [9.17, 15) is 0 Å². The second-order valence-electron chi connectivity index (χ2n) is 17.4. The van der Waals surface area contributed by atoms with E-state index in [0.717, 1.165) is 55.9 Å². The Morgan fingerprint density at radius 2 is 0.662 bits per heavy atom. The van der Waals surface area contributed by atoms with Crippen molar-refractivity contribution >= 4 is 21.5 Å². The molecule has 0 unspecified atom stereocenters. The highest BCUT2D eigenvalue weighted by molar-refractivity contribution is 5.99. The van der Waals surface area contributed by atoms with Crippen LogP contribution in [0.15, 0.2) is 212 Å². The lowest BCUT2D eigenvalue weighted by molar-refractivity contribution is 0.662. The minimum atomic E-state index is -0.137. The van der Waals surface area contributed by atoms with Gasteiger partial charge in [0.1, 0.15) is 0 Å². The summed E-state index contributed by atoms with van der Waals surface area (Å²) < 4.78 is 0. The van der Waals surface area contributed by atoms with Crippen molar-refractivity contribution in [1.29, 1.82) is 0 Å². The summed E-state index contributed by atoms with van der Waals surface area (Å²) in [6.45, 7) is 4.70. The molecule has 0 amide bonds. The van der Waals surface area contributed by atoms with Gasteiger partial charge in [-0.1, -0.05) is 178 Å². The highest BCUT2D eigenvalue weighted by atomic mass is 15.0. The van der Waals surface area contributed by atoms with Gasteiger partial charge in [-0.2, -0.15) is 0 Å². The largest absolute Gasteiger partial charge is 0.228 e. The van der Waals surface area contributed by atoms with Gasteiger partial charge >= 0.3 is 0 Å². The lowest BCUT2D eigenvalue weighted by Gasteiger charge is -2.22. The fraction of sp³-hybridized carbons (Fsp3) is 0.0500. The fourth-order valence-corrected chi connectivity index (χ4v) is 9.42. The first-order valence-electron chi connectivity index (χ1n) is 22.1. The third kappa shape index (κ3) is 6.95. The van der Waals surface area contributed by atoms with E-state index in [4.69, 9.17) is 24.9 Å². The number of nitrogens with zero attached hydrogens (tertiary/aromatic N) is 5. The van der Waals surface area contributed by atoms with E-state index in [1.54, 1.807) is 0 Å². The normalized spacial score (nSPS) is 12.6. The first-order valence-corrected chi connectivity index (χ1v) is 22.1. The van der Waals surface area contributed by atoms with Crippen LogP contribution in [-0.2, 0) is 5.41 Å². The summed E-state index contributed by atoms with van der Waals surface area (Å²) in [5, 5.41) is 4.92. The molecule has 2 heterocycles. The van der Waals surface area contributed by atoms with Gasteiger partial charge in [-0.15, -0.1) is 0 Å². The number of fused-ring (bicyclic) bond motifs is 5. The van der Waals surface area contributed by atoms with Gasteiger partial charge in [0.2, 0.25) is 0 Å². The molecule has 0 saturated carbocycles. The van der Waals surface area contributed by atoms with Gasteiger partial charge in [-0.3, -0.25) is 0 Å². The Labute approximate surface area is 377 Å². The molecule has 0 N–H and O–H groups in total. The molecule has 5 heteroatoms. The zero-order valence-corrected chi connectivity index (χ0v) is 35.9. The molecule has 65 heavy (non-hydrogen) atoms. The standard InChI is InChI=1S/C60H41N5/c1-60(2)52-35-44-23-13-12-22-43(44)33-50(52)51-34-45-28-29-48(32-49(45)36-53(51)60)58-61-54(38-16-6-3-7-17-38)37-55(62-58)46-26-14-24-41(30-46)42-25-15-27-47(31-42)59-64-56(39-18-8-4-9-19-39)63-57(65-59)40-20-10-5-11-21-40/h3-37H,1-2H3. The minimum Gasteiger partial charge on any atom is -0.228 e. The quantitative estimate of drug-likeness (QED) is 0.160. The summed E-state index contributed by atoms with van der Waals surface area (Å²) >= 11 is 0. The molecule has 0 radical (unpaired) electrons. The maximum atomic E-state index is 5.31. The van der Waals surface area contributed by atoms with E-state index in [-0.39, 0.29) is 5.41 Å². The van der Waals surface area contributed by atoms with E-state index in [1.807, 2.05) is 66.7 Å².